The molecule has 0 amide bonds. The number of unbranched alkanes of at least 4 members (excludes halogenated alkanes) is 2. The molecule has 0 atom stereocenters. The van der Waals surface area contributed by atoms with E-state index in [1.807, 2.05) is 0 Å². The molecular weight excluding hydrogens is 604 g/mol. The Morgan fingerprint density at radius 3 is 1.91 bits per heavy atom. The lowest BCUT2D eigenvalue weighted by atomic mass is 9.77. The average Bonchev–Trinajstić information content (AvgIpc) is 2.99. The topological polar surface area (TPSA) is 35.0 Å². The van der Waals surface area contributed by atoms with Crippen molar-refractivity contribution in [2.24, 2.45) is 5.92 Å². The summed E-state index contributed by atoms with van der Waals surface area (Å²) in [6.45, 7) is 2.20. The molecule has 5 rings (SSSR count). The van der Waals surface area contributed by atoms with Gasteiger partial charge >= 0.3 is 6.11 Å². The van der Waals surface area contributed by atoms with Crippen LogP contribution in [-0.2, 0) is 6.11 Å². The quantitative estimate of drug-likeness (QED) is 0.0989. The van der Waals surface area contributed by atoms with Gasteiger partial charge in [0.25, 0.3) is 0 Å². The zero-order chi connectivity index (χ0) is 32.3. The minimum atomic E-state index is -4.76. The number of hydrogen-bond donors (Lipinski definition) is 0. The van der Waals surface area contributed by atoms with Crippen molar-refractivity contribution < 1.29 is 39.9 Å². The number of alkyl halides is 2. The molecule has 45 heavy (non-hydrogen) atoms. The largest absolute Gasteiger partial charge is 0.432 e. The normalized spacial score (nSPS) is 17.0. The van der Waals surface area contributed by atoms with Gasteiger partial charge in [-0.25, -0.2) is 36.3 Å². The van der Waals surface area contributed by atoms with E-state index in [1.54, 1.807) is 12.4 Å². The van der Waals surface area contributed by atoms with Crippen LogP contribution in [0.3, 0.4) is 0 Å². The summed E-state index contributed by atoms with van der Waals surface area (Å²) in [5, 5.41) is 0. The van der Waals surface area contributed by atoms with Crippen LogP contribution in [0.2, 0.25) is 0 Å². The molecule has 0 saturated heterocycles. The summed E-state index contributed by atoms with van der Waals surface area (Å²) in [5.74, 6) is -9.98. The summed E-state index contributed by atoms with van der Waals surface area (Å²) in [6.07, 6.45) is 8.19. The van der Waals surface area contributed by atoms with Crippen LogP contribution in [0.5, 0.6) is 5.75 Å². The van der Waals surface area contributed by atoms with Gasteiger partial charge in [-0.3, -0.25) is 0 Å². The summed E-state index contributed by atoms with van der Waals surface area (Å²) < 4.78 is 118. The van der Waals surface area contributed by atoms with Gasteiger partial charge in [-0.1, -0.05) is 44.7 Å². The second kappa shape index (κ2) is 13.5. The third-order valence-electron chi connectivity index (χ3n) is 8.28. The molecule has 0 radical (unpaired) electrons. The molecule has 1 saturated carbocycles. The minimum absolute atomic E-state index is 0.102. The van der Waals surface area contributed by atoms with Gasteiger partial charge in [0.15, 0.2) is 23.3 Å². The predicted octanol–water partition coefficient (Wildman–Crippen LogP) is 10.6. The van der Waals surface area contributed by atoms with E-state index in [-0.39, 0.29) is 23.5 Å². The van der Waals surface area contributed by atoms with Gasteiger partial charge < -0.3 is 4.74 Å². The van der Waals surface area contributed by atoms with Gasteiger partial charge in [0.2, 0.25) is 0 Å². The van der Waals surface area contributed by atoms with Crippen molar-refractivity contribution in [1.82, 2.24) is 9.97 Å². The van der Waals surface area contributed by atoms with Crippen molar-refractivity contribution in [2.45, 2.75) is 70.3 Å². The van der Waals surface area contributed by atoms with Crippen molar-refractivity contribution in [1.29, 1.82) is 0 Å². The van der Waals surface area contributed by atoms with Crippen LogP contribution in [0.1, 0.15) is 75.3 Å². The predicted molar refractivity (Wildman–Crippen MR) is 152 cm³/mol. The Kier molecular flexibility index (Phi) is 9.74. The number of nitrogens with zero attached hydrogens (tertiary/aromatic N) is 2. The van der Waals surface area contributed by atoms with Crippen LogP contribution < -0.4 is 4.74 Å². The molecule has 1 aliphatic carbocycles. The standard InChI is InChI=1S/C34H30F8N2O/c1-2-3-4-5-19-6-8-20(9-7-19)23-17-43-33(44-18-23)21-10-11-25(26(35)12-21)22-13-27(36)31(28(37)14-22)34(41,42)45-24-15-29(38)32(40)30(39)16-24/h10-20H,2-9H2,1H3. The number of ether oxygens (including phenoxy) is 1. The highest BCUT2D eigenvalue weighted by molar-refractivity contribution is 5.69. The van der Waals surface area contributed by atoms with Crippen LogP contribution in [0, 0.1) is 40.8 Å². The molecule has 1 aromatic heterocycles. The van der Waals surface area contributed by atoms with Crippen molar-refractivity contribution in [3.63, 3.8) is 0 Å². The lowest BCUT2D eigenvalue weighted by Gasteiger charge is -2.28. The van der Waals surface area contributed by atoms with E-state index >= 15 is 4.39 Å². The molecule has 0 bridgehead atoms. The average molecular weight is 635 g/mol. The van der Waals surface area contributed by atoms with Crippen molar-refractivity contribution >= 4 is 0 Å². The van der Waals surface area contributed by atoms with Gasteiger partial charge in [0, 0.05) is 35.7 Å². The number of rotatable bonds is 10. The molecule has 238 valence electrons. The van der Waals surface area contributed by atoms with E-state index in [2.05, 4.69) is 21.6 Å². The van der Waals surface area contributed by atoms with Crippen LogP contribution in [0.15, 0.2) is 54.9 Å². The number of benzene rings is 3. The Balaban J connectivity index is 1.30. The van der Waals surface area contributed by atoms with E-state index in [1.165, 1.54) is 50.7 Å². The highest BCUT2D eigenvalue weighted by Crippen LogP contribution is 2.39. The Morgan fingerprint density at radius 2 is 1.33 bits per heavy atom. The lowest BCUT2D eigenvalue weighted by Crippen LogP contribution is -2.25. The van der Waals surface area contributed by atoms with Gasteiger partial charge in [-0.2, -0.15) is 8.78 Å². The SMILES string of the molecule is CCCCCC1CCC(c2cnc(-c3ccc(-c4cc(F)c(C(F)(F)Oc5cc(F)c(F)c(F)c5)c(F)c4)c(F)c3)nc2)CC1. The van der Waals surface area contributed by atoms with E-state index in [4.69, 9.17) is 0 Å². The van der Waals surface area contributed by atoms with Crippen LogP contribution >= 0.6 is 0 Å². The maximum Gasteiger partial charge on any atom is 0.432 e. The number of aromatic nitrogens is 2. The fraction of sp³-hybridized carbons (Fsp3) is 0.353. The van der Waals surface area contributed by atoms with Gasteiger partial charge in [0.1, 0.15) is 28.8 Å². The fourth-order valence-corrected chi connectivity index (χ4v) is 5.85. The Hall–Kier alpha value is -4.02. The first-order valence-corrected chi connectivity index (χ1v) is 14.8. The first kappa shape index (κ1) is 32.4. The minimum Gasteiger partial charge on any atom is -0.429 e. The maximum absolute atomic E-state index is 15.2. The highest BCUT2D eigenvalue weighted by atomic mass is 19.3. The first-order valence-electron chi connectivity index (χ1n) is 14.8. The molecule has 0 N–H and O–H groups in total. The molecule has 3 nitrogen and oxygen atoms in total. The zero-order valence-corrected chi connectivity index (χ0v) is 24.3. The second-order valence-electron chi connectivity index (χ2n) is 11.4. The highest BCUT2D eigenvalue weighted by Gasteiger charge is 2.41. The monoisotopic (exact) mass is 634 g/mol. The molecule has 4 aromatic rings. The van der Waals surface area contributed by atoms with E-state index in [0.717, 1.165) is 30.4 Å². The Labute approximate surface area is 255 Å². The number of hydrogen-bond acceptors (Lipinski definition) is 3. The lowest BCUT2D eigenvalue weighted by molar-refractivity contribution is -0.189. The molecule has 0 spiro atoms. The Morgan fingerprint density at radius 1 is 0.733 bits per heavy atom. The zero-order valence-electron chi connectivity index (χ0n) is 24.3. The van der Waals surface area contributed by atoms with Gasteiger partial charge in [-0.05, 0) is 66.8 Å². The van der Waals surface area contributed by atoms with Crippen molar-refractivity contribution in [3.8, 4) is 28.3 Å². The summed E-state index contributed by atoms with van der Waals surface area (Å²) in [7, 11) is 0. The third kappa shape index (κ3) is 7.28. The van der Waals surface area contributed by atoms with Gasteiger partial charge in [0.05, 0.1) is 0 Å². The Bertz CT molecular complexity index is 1610. The molecule has 3 aromatic carbocycles. The molecule has 1 fully saturated rings. The summed E-state index contributed by atoms with van der Waals surface area (Å²) >= 11 is 0. The summed E-state index contributed by atoms with van der Waals surface area (Å²) in [6, 6.07) is 4.89. The summed E-state index contributed by atoms with van der Waals surface area (Å²) in [5.41, 5.74) is -1.24. The molecule has 0 unspecified atom stereocenters. The molecule has 1 heterocycles. The van der Waals surface area contributed by atoms with Crippen LogP contribution in [0.25, 0.3) is 22.5 Å². The van der Waals surface area contributed by atoms with E-state index in [0.29, 0.717) is 23.6 Å². The van der Waals surface area contributed by atoms with Crippen LogP contribution in [-0.4, -0.2) is 9.97 Å². The smallest absolute Gasteiger partial charge is 0.429 e. The van der Waals surface area contributed by atoms with E-state index in [9.17, 15) is 30.7 Å². The van der Waals surface area contributed by atoms with Crippen molar-refractivity contribution in [2.75, 3.05) is 0 Å². The van der Waals surface area contributed by atoms with Crippen molar-refractivity contribution in [3.05, 3.63) is 101 Å². The van der Waals surface area contributed by atoms with Gasteiger partial charge in [-0.15, -0.1) is 0 Å². The third-order valence-corrected chi connectivity index (χ3v) is 8.28. The first-order chi connectivity index (χ1) is 21.5. The molecule has 1 aliphatic rings. The van der Waals surface area contributed by atoms with E-state index < -0.39 is 57.9 Å². The molecular formula is C34H30F8N2O. The second-order valence-corrected chi connectivity index (χ2v) is 11.4. The van der Waals surface area contributed by atoms with Crippen LogP contribution in [0.4, 0.5) is 35.1 Å². The molecule has 11 heteroatoms. The summed E-state index contributed by atoms with van der Waals surface area (Å²) in [4.78, 5) is 8.80. The number of halogens is 8. The fourth-order valence-electron chi connectivity index (χ4n) is 5.85. The molecule has 0 aliphatic heterocycles. The maximum atomic E-state index is 15.2.